The largest absolute Gasteiger partial charge is 0.493 e. The van der Waals surface area contributed by atoms with Crippen molar-refractivity contribution in [3.05, 3.63) is 65.2 Å². The van der Waals surface area contributed by atoms with Crippen molar-refractivity contribution >= 4 is 27.9 Å². The molecule has 186 valence electrons. The van der Waals surface area contributed by atoms with Gasteiger partial charge in [-0.15, -0.1) is 0 Å². The molecule has 0 heterocycles. The highest BCUT2D eigenvalue weighted by Crippen LogP contribution is 2.20. The summed E-state index contributed by atoms with van der Waals surface area (Å²) in [6.07, 6.45) is 5.11. The lowest BCUT2D eigenvalue weighted by molar-refractivity contribution is -0.140. The Morgan fingerprint density at radius 1 is 0.882 bits per heavy atom. The Morgan fingerprint density at radius 2 is 1.65 bits per heavy atom. The lowest BCUT2D eigenvalue weighted by atomic mass is 10.1. The molecule has 0 aliphatic heterocycles. The summed E-state index contributed by atoms with van der Waals surface area (Å²) < 4.78 is 15.6. The number of methoxy groups -OCH3 is 2. The van der Waals surface area contributed by atoms with E-state index in [4.69, 9.17) is 14.2 Å². The first-order valence-corrected chi connectivity index (χ1v) is 12.9. The van der Waals surface area contributed by atoms with Gasteiger partial charge in [-0.25, -0.2) is 4.79 Å². The molecule has 0 atom stereocenters. The number of para-hydroxylation sites is 1. The molecule has 0 unspecified atom stereocenters. The fourth-order valence-corrected chi connectivity index (χ4v) is 4.00. The summed E-state index contributed by atoms with van der Waals surface area (Å²) in [5.41, 5.74) is 2.86. The lowest BCUT2D eigenvalue weighted by Crippen LogP contribution is -2.27. The molecule has 0 spiro atoms. The monoisotopic (exact) mass is 533 g/mol. The van der Waals surface area contributed by atoms with Crippen molar-refractivity contribution in [1.29, 1.82) is 0 Å². The SMILES string of the molecule is COC(=O)CCCCN(CCc1ccccc1OCCCCBr)Cc1ccc(C(=O)OC)cc1. The fraction of sp³-hybridized carbons (Fsp3) is 0.481. The highest BCUT2D eigenvalue weighted by molar-refractivity contribution is 9.09. The van der Waals surface area contributed by atoms with Crippen LogP contribution < -0.4 is 4.74 Å². The molecule has 7 heteroatoms. The Labute approximate surface area is 211 Å². The molecule has 0 N–H and O–H groups in total. The summed E-state index contributed by atoms with van der Waals surface area (Å²) in [6, 6.07) is 15.8. The number of alkyl halides is 1. The maximum atomic E-state index is 11.7. The second kappa shape index (κ2) is 16.3. The van der Waals surface area contributed by atoms with Crippen LogP contribution in [0.25, 0.3) is 0 Å². The molecule has 0 bridgehead atoms. The number of ether oxygens (including phenoxy) is 3. The summed E-state index contributed by atoms with van der Waals surface area (Å²) in [5, 5.41) is 0.990. The van der Waals surface area contributed by atoms with Crippen LogP contribution in [0.1, 0.15) is 53.6 Å². The molecule has 0 aliphatic carbocycles. The number of esters is 2. The van der Waals surface area contributed by atoms with E-state index in [1.54, 1.807) is 12.1 Å². The van der Waals surface area contributed by atoms with E-state index in [-0.39, 0.29) is 11.9 Å². The Balaban J connectivity index is 2.00. The molecule has 0 saturated carbocycles. The molecule has 0 fully saturated rings. The Bertz CT molecular complexity index is 872. The number of carbonyl (C=O) groups excluding carboxylic acids is 2. The number of rotatable bonds is 16. The van der Waals surface area contributed by atoms with Gasteiger partial charge >= 0.3 is 11.9 Å². The zero-order chi connectivity index (χ0) is 24.6. The quantitative estimate of drug-likeness (QED) is 0.163. The molecule has 0 amide bonds. The van der Waals surface area contributed by atoms with Gasteiger partial charge in [0.15, 0.2) is 0 Å². The van der Waals surface area contributed by atoms with Gasteiger partial charge in [-0.2, -0.15) is 0 Å². The van der Waals surface area contributed by atoms with Crippen molar-refractivity contribution in [3.63, 3.8) is 0 Å². The van der Waals surface area contributed by atoms with Crippen LogP contribution >= 0.6 is 15.9 Å². The third-order valence-electron chi connectivity index (χ3n) is 5.57. The standard InChI is InChI=1S/C27H36BrNO5/c1-32-26(30)11-5-7-18-29(21-22-12-14-24(15-13-22)27(31)33-2)19-16-23-9-3-4-10-25(23)34-20-8-6-17-28/h3-4,9-10,12-15H,5-8,11,16-21H2,1-2H3. The Hall–Kier alpha value is -2.38. The molecule has 2 aromatic rings. The first-order valence-electron chi connectivity index (χ1n) is 11.8. The third-order valence-corrected chi connectivity index (χ3v) is 6.13. The van der Waals surface area contributed by atoms with E-state index in [1.165, 1.54) is 19.8 Å². The van der Waals surface area contributed by atoms with Crippen LogP contribution in [0.3, 0.4) is 0 Å². The summed E-state index contributed by atoms with van der Waals surface area (Å²) in [5.74, 6) is 0.444. The van der Waals surface area contributed by atoms with Crippen molar-refractivity contribution in [2.45, 2.75) is 45.1 Å². The number of halogens is 1. The van der Waals surface area contributed by atoms with E-state index >= 15 is 0 Å². The number of carbonyl (C=O) groups is 2. The van der Waals surface area contributed by atoms with E-state index < -0.39 is 0 Å². The van der Waals surface area contributed by atoms with Crippen LogP contribution in [0.2, 0.25) is 0 Å². The van der Waals surface area contributed by atoms with E-state index in [1.807, 2.05) is 30.3 Å². The zero-order valence-electron chi connectivity index (χ0n) is 20.3. The van der Waals surface area contributed by atoms with Crippen LogP contribution in [-0.4, -0.2) is 56.1 Å². The van der Waals surface area contributed by atoms with E-state index in [0.717, 1.165) is 68.4 Å². The van der Waals surface area contributed by atoms with Gasteiger partial charge in [0.05, 0.1) is 26.4 Å². The van der Waals surface area contributed by atoms with Gasteiger partial charge in [0, 0.05) is 24.8 Å². The highest BCUT2D eigenvalue weighted by atomic mass is 79.9. The maximum absolute atomic E-state index is 11.7. The summed E-state index contributed by atoms with van der Waals surface area (Å²) in [6.45, 7) is 3.20. The first kappa shape index (κ1) is 27.9. The summed E-state index contributed by atoms with van der Waals surface area (Å²) >= 11 is 3.46. The topological polar surface area (TPSA) is 65.1 Å². The fourth-order valence-electron chi connectivity index (χ4n) is 3.61. The van der Waals surface area contributed by atoms with E-state index in [0.29, 0.717) is 18.6 Å². The molecule has 0 saturated heterocycles. The predicted molar refractivity (Wildman–Crippen MR) is 138 cm³/mol. The van der Waals surface area contributed by atoms with Crippen molar-refractivity contribution in [2.75, 3.05) is 39.2 Å². The van der Waals surface area contributed by atoms with Crippen molar-refractivity contribution in [1.82, 2.24) is 4.90 Å². The highest BCUT2D eigenvalue weighted by Gasteiger charge is 2.11. The average Bonchev–Trinajstić information content (AvgIpc) is 2.87. The second-order valence-corrected chi connectivity index (χ2v) is 8.89. The van der Waals surface area contributed by atoms with Crippen LogP contribution in [-0.2, 0) is 27.2 Å². The number of nitrogens with zero attached hydrogens (tertiary/aromatic N) is 1. The van der Waals surface area contributed by atoms with Gasteiger partial charge in [-0.3, -0.25) is 9.69 Å². The van der Waals surface area contributed by atoms with Gasteiger partial charge in [0.2, 0.25) is 0 Å². The number of unbranched alkanes of at least 4 members (excludes halogenated alkanes) is 2. The van der Waals surface area contributed by atoms with Crippen LogP contribution in [0, 0.1) is 0 Å². The lowest BCUT2D eigenvalue weighted by Gasteiger charge is -2.23. The van der Waals surface area contributed by atoms with Gasteiger partial charge in [0.25, 0.3) is 0 Å². The van der Waals surface area contributed by atoms with Crippen molar-refractivity contribution in [3.8, 4) is 5.75 Å². The molecule has 0 radical (unpaired) electrons. The van der Waals surface area contributed by atoms with Crippen LogP contribution in [0.5, 0.6) is 5.75 Å². The molecule has 2 aromatic carbocycles. The minimum Gasteiger partial charge on any atom is -0.493 e. The Morgan fingerprint density at radius 3 is 2.35 bits per heavy atom. The molecule has 6 nitrogen and oxygen atoms in total. The number of hydrogen-bond acceptors (Lipinski definition) is 6. The molecule has 2 rings (SSSR count). The van der Waals surface area contributed by atoms with Crippen molar-refractivity contribution in [2.24, 2.45) is 0 Å². The minimum atomic E-state index is -0.334. The zero-order valence-corrected chi connectivity index (χ0v) is 21.8. The van der Waals surface area contributed by atoms with Crippen LogP contribution in [0.15, 0.2) is 48.5 Å². The van der Waals surface area contributed by atoms with Crippen molar-refractivity contribution < 1.29 is 23.8 Å². The van der Waals surface area contributed by atoms with Gasteiger partial charge in [-0.05, 0) is 68.0 Å². The molecular formula is C27H36BrNO5. The maximum Gasteiger partial charge on any atom is 0.337 e. The summed E-state index contributed by atoms with van der Waals surface area (Å²) in [4.78, 5) is 25.5. The van der Waals surface area contributed by atoms with E-state index in [9.17, 15) is 9.59 Å². The van der Waals surface area contributed by atoms with Gasteiger partial charge in [0.1, 0.15) is 5.75 Å². The number of hydrogen-bond donors (Lipinski definition) is 0. The molecule has 34 heavy (non-hydrogen) atoms. The Kier molecular flexibility index (Phi) is 13.3. The molecule has 0 aromatic heterocycles. The third kappa shape index (κ3) is 10.3. The average molecular weight is 534 g/mol. The van der Waals surface area contributed by atoms with Crippen LogP contribution in [0.4, 0.5) is 0 Å². The first-order chi connectivity index (χ1) is 16.6. The second-order valence-electron chi connectivity index (χ2n) is 8.10. The van der Waals surface area contributed by atoms with E-state index in [2.05, 4.69) is 26.9 Å². The summed E-state index contributed by atoms with van der Waals surface area (Å²) in [7, 11) is 2.81. The minimum absolute atomic E-state index is 0.170. The van der Waals surface area contributed by atoms with Gasteiger partial charge < -0.3 is 14.2 Å². The normalized spacial score (nSPS) is 10.8. The van der Waals surface area contributed by atoms with Gasteiger partial charge in [-0.1, -0.05) is 46.3 Å². The smallest absolute Gasteiger partial charge is 0.337 e. The molecular weight excluding hydrogens is 498 g/mol. The molecule has 0 aliphatic rings. The predicted octanol–water partition coefficient (Wildman–Crippen LogP) is 5.42. The number of benzene rings is 2.